The number of piperazine rings is 1. The lowest BCUT2D eigenvalue weighted by Gasteiger charge is -2.38. The Kier molecular flexibility index (Phi) is 13.3. The van der Waals surface area contributed by atoms with Crippen LogP contribution in [-0.2, 0) is 20.5 Å². The largest absolute Gasteiger partial charge is 0.455 e. The van der Waals surface area contributed by atoms with Crippen molar-refractivity contribution in [1.29, 1.82) is 0 Å². The average molecular weight is 867 g/mol. The summed E-state index contributed by atoms with van der Waals surface area (Å²) >= 11 is 6.23. The quantitative estimate of drug-likeness (QED) is 0.0943. The van der Waals surface area contributed by atoms with Crippen molar-refractivity contribution < 1.29 is 23.3 Å². The Morgan fingerprint density at radius 3 is 2.54 bits per heavy atom. The number of hydrogen-bond acceptors (Lipinski definition) is 11. The van der Waals surface area contributed by atoms with Gasteiger partial charge in [0.1, 0.15) is 22.8 Å². The predicted octanol–water partition coefficient (Wildman–Crippen LogP) is 7.72. The summed E-state index contributed by atoms with van der Waals surface area (Å²) in [5.74, 6) is 1.15. The van der Waals surface area contributed by atoms with Gasteiger partial charge < -0.3 is 29.6 Å². The van der Waals surface area contributed by atoms with Crippen LogP contribution in [0, 0.1) is 22.7 Å². The van der Waals surface area contributed by atoms with Crippen molar-refractivity contribution in [3.05, 3.63) is 106 Å². The van der Waals surface area contributed by atoms with Crippen molar-refractivity contribution >= 4 is 62.5 Å². The molecule has 3 fully saturated rings. The van der Waals surface area contributed by atoms with Gasteiger partial charge in [-0.15, -0.1) is 4.91 Å². The molecule has 1 unspecified atom stereocenters. The number of nitroso groups, excluding NO2 is 1. The van der Waals surface area contributed by atoms with Crippen LogP contribution in [0.3, 0.4) is 0 Å². The van der Waals surface area contributed by atoms with Gasteiger partial charge in [0, 0.05) is 106 Å². The van der Waals surface area contributed by atoms with E-state index >= 15 is 0 Å². The third-order valence-electron chi connectivity index (χ3n) is 12.0. The highest BCUT2D eigenvalue weighted by Gasteiger charge is 2.38. The Morgan fingerprint density at radius 1 is 1.00 bits per heavy atom. The number of aromatic nitrogens is 2. The number of carbonyl (C=O) groups is 2. The summed E-state index contributed by atoms with van der Waals surface area (Å²) in [6.45, 7) is 11.4. The van der Waals surface area contributed by atoms with E-state index in [0.717, 1.165) is 63.2 Å². The number of fused-ring (bicyclic) bond motifs is 1. The third kappa shape index (κ3) is 10.1. The number of benzene rings is 3. The standard InChI is InChI=1S/C45H51ClN8O6S/c1-29(2)45(56)54-27-33(39(28-54)31-3-5-34(46)6-4-31)26-52-15-17-53(18-16-52)35-7-9-38(42(22-35)60-36-21-32-11-14-47-43(32)49-25-36)44(55)51-61(58)37-8-10-40(41(23-37)50-57)48-24-30-12-19-59-20-13-30/h3-11,14,21-23,25,29-30,33,39,48H,12-13,15-20,24,26-28H2,1-2H3,(H,47,49)(H,51,55)/t33-,39+,61?/m0/s1. The molecule has 3 aliphatic heterocycles. The summed E-state index contributed by atoms with van der Waals surface area (Å²) in [7, 11) is -2.01. The number of nitrogens with zero attached hydrogens (tertiary/aromatic N) is 5. The number of aromatic amines is 1. The molecule has 14 nitrogen and oxygen atoms in total. The first-order chi connectivity index (χ1) is 29.6. The third-order valence-corrected chi connectivity index (χ3v) is 13.3. The van der Waals surface area contributed by atoms with Gasteiger partial charge in [-0.25, -0.2) is 9.19 Å². The zero-order valence-electron chi connectivity index (χ0n) is 34.3. The van der Waals surface area contributed by atoms with Gasteiger partial charge in [0.25, 0.3) is 5.91 Å². The van der Waals surface area contributed by atoms with E-state index in [1.54, 1.807) is 30.6 Å². The minimum absolute atomic E-state index is 0.0592. The molecule has 5 heterocycles. The Balaban J connectivity index is 0.962. The van der Waals surface area contributed by atoms with E-state index in [4.69, 9.17) is 21.1 Å². The molecular formula is C45H51ClN8O6S. The molecule has 2 amide bonds. The fraction of sp³-hybridized carbons (Fsp3) is 0.400. The van der Waals surface area contributed by atoms with Crippen molar-refractivity contribution in [1.82, 2.24) is 24.5 Å². The maximum atomic E-state index is 13.9. The predicted molar refractivity (Wildman–Crippen MR) is 238 cm³/mol. The van der Waals surface area contributed by atoms with Crippen LogP contribution in [0.15, 0.2) is 95.3 Å². The summed E-state index contributed by atoms with van der Waals surface area (Å²) in [5.41, 5.74) is 3.62. The Morgan fingerprint density at radius 2 is 1.79 bits per heavy atom. The SMILES string of the molecule is CC(C)C(=O)N1C[C@H](CN2CCN(c3ccc(C(=O)NS(=O)c4ccc(NCC5CCOCC5)c(N=O)c4)c(Oc4cnc5[nH]ccc5c4)c3)CC2)[C@@H](c2ccc(Cl)cc2)C1. The van der Waals surface area contributed by atoms with Crippen LogP contribution in [0.5, 0.6) is 11.5 Å². The highest BCUT2D eigenvalue weighted by molar-refractivity contribution is 7.83. The van der Waals surface area contributed by atoms with Crippen molar-refractivity contribution in [2.45, 2.75) is 37.5 Å². The summed E-state index contributed by atoms with van der Waals surface area (Å²) in [5, 5.41) is 8.01. The molecule has 16 heteroatoms. The molecule has 3 atom stereocenters. The minimum atomic E-state index is -2.01. The molecular weight excluding hydrogens is 816 g/mol. The molecule has 2 aromatic heterocycles. The topological polar surface area (TPSA) is 162 Å². The van der Waals surface area contributed by atoms with E-state index < -0.39 is 16.9 Å². The van der Waals surface area contributed by atoms with Gasteiger partial charge in [-0.2, -0.15) is 0 Å². The number of ether oxygens (including phenoxy) is 2. The van der Waals surface area contributed by atoms with E-state index in [1.807, 2.05) is 55.1 Å². The van der Waals surface area contributed by atoms with Crippen LogP contribution >= 0.6 is 11.6 Å². The van der Waals surface area contributed by atoms with Gasteiger partial charge >= 0.3 is 0 Å². The van der Waals surface area contributed by atoms with Crippen molar-refractivity contribution in [2.75, 3.05) is 75.8 Å². The zero-order chi connectivity index (χ0) is 42.5. The van der Waals surface area contributed by atoms with Gasteiger partial charge in [0.05, 0.1) is 22.3 Å². The maximum Gasteiger partial charge on any atom is 0.266 e. The van der Waals surface area contributed by atoms with E-state index in [0.29, 0.717) is 54.3 Å². The Bertz CT molecular complexity index is 2380. The number of pyridine rings is 1. The second-order valence-corrected chi connectivity index (χ2v) is 18.0. The molecule has 0 radical (unpaired) electrons. The summed E-state index contributed by atoms with van der Waals surface area (Å²) < 4.78 is 28.0. The van der Waals surface area contributed by atoms with Crippen LogP contribution in [0.1, 0.15) is 48.5 Å². The van der Waals surface area contributed by atoms with Crippen molar-refractivity contribution in [2.24, 2.45) is 22.9 Å². The first-order valence-corrected chi connectivity index (χ1v) is 22.4. The Hall–Kier alpha value is -5.35. The lowest BCUT2D eigenvalue weighted by molar-refractivity contribution is -0.133. The normalized spacial score (nSPS) is 19.3. The number of rotatable bonds is 14. The molecule has 5 aromatic rings. The maximum absolute atomic E-state index is 13.9. The van der Waals surface area contributed by atoms with Gasteiger partial charge in [0.15, 0.2) is 11.0 Å². The monoisotopic (exact) mass is 866 g/mol. The van der Waals surface area contributed by atoms with Crippen LogP contribution < -0.4 is 19.7 Å². The summed E-state index contributed by atoms with van der Waals surface area (Å²) in [6, 6.07) is 21.9. The van der Waals surface area contributed by atoms with E-state index in [1.165, 1.54) is 11.6 Å². The summed E-state index contributed by atoms with van der Waals surface area (Å²) in [4.78, 5) is 53.3. The van der Waals surface area contributed by atoms with Gasteiger partial charge in [-0.05, 0) is 90.0 Å². The number of halogens is 1. The smallest absolute Gasteiger partial charge is 0.266 e. The fourth-order valence-electron chi connectivity index (χ4n) is 8.55. The molecule has 3 saturated heterocycles. The van der Waals surface area contributed by atoms with Gasteiger partial charge in [0.2, 0.25) is 5.91 Å². The van der Waals surface area contributed by atoms with Crippen LogP contribution in [0.4, 0.5) is 17.1 Å². The molecule has 61 heavy (non-hydrogen) atoms. The fourth-order valence-corrected chi connectivity index (χ4v) is 9.48. The number of carbonyl (C=O) groups excluding carboxylic acids is 2. The molecule has 0 spiro atoms. The number of nitrogens with one attached hydrogen (secondary N) is 3. The molecule has 3 aromatic carbocycles. The Labute approximate surface area is 362 Å². The number of hydrogen-bond donors (Lipinski definition) is 3. The van der Waals surface area contributed by atoms with Gasteiger partial charge in [-0.3, -0.25) is 19.2 Å². The second-order valence-electron chi connectivity index (χ2n) is 16.4. The number of H-pyrrole nitrogens is 1. The first-order valence-electron chi connectivity index (χ1n) is 20.9. The van der Waals surface area contributed by atoms with Crippen LogP contribution in [-0.4, -0.2) is 101 Å². The number of likely N-dealkylation sites (tertiary alicyclic amines) is 1. The molecule has 3 N–H and O–H groups in total. The summed E-state index contributed by atoms with van der Waals surface area (Å²) in [6.07, 6.45) is 5.25. The first kappa shape index (κ1) is 42.3. The highest BCUT2D eigenvalue weighted by atomic mass is 35.5. The zero-order valence-corrected chi connectivity index (χ0v) is 35.9. The average Bonchev–Trinajstić information content (AvgIpc) is 3.93. The molecule has 320 valence electrons. The lowest BCUT2D eigenvalue weighted by Crippen LogP contribution is -2.48. The second kappa shape index (κ2) is 19.1. The van der Waals surface area contributed by atoms with Crippen LogP contribution in [0.2, 0.25) is 5.02 Å². The van der Waals surface area contributed by atoms with Crippen molar-refractivity contribution in [3.63, 3.8) is 0 Å². The van der Waals surface area contributed by atoms with Crippen LogP contribution in [0.25, 0.3) is 11.0 Å². The minimum Gasteiger partial charge on any atom is -0.455 e. The lowest BCUT2D eigenvalue weighted by atomic mass is 9.88. The molecule has 3 aliphatic rings. The highest BCUT2D eigenvalue weighted by Crippen LogP contribution is 2.36. The van der Waals surface area contributed by atoms with Crippen molar-refractivity contribution in [3.8, 4) is 11.5 Å². The number of amides is 2. The van der Waals surface area contributed by atoms with E-state index in [-0.39, 0.29) is 45.6 Å². The number of anilines is 2. The molecule has 0 saturated carbocycles. The van der Waals surface area contributed by atoms with E-state index in [9.17, 15) is 18.7 Å². The molecule has 0 aliphatic carbocycles. The van der Waals surface area contributed by atoms with E-state index in [2.05, 4.69) is 47.1 Å². The molecule has 0 bridgehead atoms. The molecule has 8 rings (SSSR count). The van der Waals surface area contributed by atoms with Gasteiger partial charge in [-0.1, -0.05) is 37.6 Å².